The second-order valence-corrected chi connectivity index (χ2v) is 5.17. The second kappa shape index (κ2) is 5.30. The van der Waals surface area contributed by atoms with E-state index in [1.165, 1.54) is 12.8 Å². The van der Waals surface area contributed by atoms with Gasteiger partial charge >= 0.3 is 0 Å². The first-order valence-electron chi connectivity index (χ1n) is 5.75. The highest BCUT2D eigenvalue weighted by atomic mass is 79.9. The van der Waals surface area contributed by atoms with Crippen molar-refractivity contribution in [2.75, 3.05) is 18.5 Å². The Balaban J connectivity index is 1.82. The Bertz CT molecular complexity index is 229. The Hall–Kier alpha value is -0.0900. The molecule has 2 aliphatic rings. The molecule has 0 bridgehead atoms. The first kappa shape index (κ1) is 11.4. The smallest absolute Gasteiger partial charge is 0.225 e. The predicted molar refractivity (Wildman–Crippen MR) is 62.0 cm³/mol. The van der Waals surface area contributed by atoms with Gasteiger partial charge in [0.25, 0.3) is 0 Å². The average molecular weight is 276 g/mol. The maximum Gasteiger partial charge on any atom is 0.225 e. The summed E-state index contributed by atoms with van der Waals surface area (Å²) in [4.78, 5) is 11.9. The number of hydrogen-bond donors (Lipinski definition) is 1. The lowest BCUT2D eigenvalue weighted by atomic mass is 10.0. The van der Waals surface area contributed by atoms with Gasteiger partial charge in [-0.05, 0) is 25.2 Å². The standard InChI is InChI=1S/C11H18BrNO2/c12-6-8-2-1-3-10(8)13-11(14)9-4-5-15-7-9/h8-10H,1-7H2,(H,13,14). The summed E-state index contributed by atoms with van der Waals surface area (Å²) in [5.74, 6) is 0.920. The SMILES string of the molecule is O=C(NC1CCCC1CBr)C1CCOC1. The lowest BCUT2D eigenvalue weighted by Crippen LogP contribution is -2.41. The Morgan fingerprint density at radius 1 is 1.40 bits per heavy atom. The predicted octanol–water partition coefficient (Wildman–Crippen LogP) is 1.70. The second-order valence-electron chi connectivity index (χ2n) is 4.52. The molecule has 2 fully saturated rings. The van der Waals surface area contributed by atoms with E-state index in [9.17, 15) is 4.79 Å². The molecule has 1 aliphatic carbocycles. The van der Waals surface area contributed by atoms with E-state index in [-0.39, 0.29) is 11.8 Å². The van der Waals surface area contributed by atoms with E-state index in [2.05, 4.69) is 21.2 Å². The minimum atomic E-state index is 0.0987. The third-order valence-electron chi connectivity index (χ3n) is 3.49. The monoisotopic (exact) mass is 275 g/mol. The number of hydrogen-bond acceptors (Lipinski definition) is 2. The van der Waals surface area contributed by atoms with Gasteiger partial charge in [0.15, 0.2) is 0 Å². The molecule has 1 N–H and O–H groups in total. The van der Waals surface area contributed by atoms with Crippen LogP contribution in [0.5, 0.6) is 0 Å². The lowest BCUT2D eigenvalue weighted by molar-refractivity contribution is -0.125. The molecule has 1 amide bonds. The van der Waals surface area contributed by atoms with Crippen LogP contribution in [-0.4, -0.2) is 30.5 Å². The van der Waals surface area contributed by atoms with E-state index in [0.717, 1.165) is 24.8 Å². The zero-order valence-corrected chi connectivity index (χ0v) is 10.5. The molecular weight excluding hydrogens is 258 g/mol. The summed E-state index contributed by atoms with van der Waals surface area (Å²) in [5, 5.41) is 4.17. The number of carbonyl (C=O) groups excluding carboxylic acids is 1. The van der Waals surface area contributed by atoms with Crippen LogP contribution in [0.25, 0.3) is 0 Å². The molecule has 3 atom stereocenters. The van der Waals surface area contributed by atoms with Crippen molar-refractivity contribution in [1.29, 1.82) is 0 Å². The molecule has 86 valence electrons. The van der Waals surface area contributed by atoms with Gasteiger partial charge < -0.3 is 10.1 Å². The first-order chi connectivity index (χ1) is 7.31. The van der Waals surface area contributed by atoms with Crippen LogP contribution in [0.2, 0.25) is 0 Å². The number of halogens is 1. The molecule has 1 saturated carbocycles. The summed E-state index contributed by atoms with van der Waals surface area (Å²) in [6.07, 6.45) is 4.49. The first-order valence-corrected chi connectivity index (χ1v) is 6.87. The van der Waals surface area contributed by atoms with E-state index < -0.39 is 0 Å². The molecule has 3 unspecified atom stereocenters. The molecule has 3 nitrogen and oxygen atoms in total. The topological polar surface area (TPSA) is 38.3 Å². The van der Waals surface area contributed by atoms with Gasteiger partial charge in [0, 0.05) is 18.0 Å². The van der Waals surface area contributed by atoms with E-state index in [0.29, 0.717) is 18.6 Å². The molecule has 2 rings (SSSR count). The summed E-state index contributed by atoms with van der Waals surface area (Å²) >= 11 is 3.51. The van der Waals surface area contributed by atoms with Gasteiger partial charge in [-0.15, -0.1) is 0 Å². The van der Waals surface area contributed by atoms with Crippen LogP contribution in [-0.2, 0) is 9.53 Å². The Labute approximate surface area is 99.1 Å². The number of ether oxygens (including phenoxy) is 1. The number of amides is 1. The van der Waals surface area contributed by atoms with E-state index >= 15 is 0 Å². The van der Waals surface area contributed by atoms with Crippen molar-refractivity contribution in [2.24, 2.45) is 11.8 Å². The van der Waals surface area contributed by atoms with Gasteiger partial charge in [-0.3, -0.25) is 4.79 Å². The molecule has 4 heteroatoms. The largest absolute Gasteiger partial charge is 0.381 e. The maximum atomic E-state index is 11.9. The minimum Gasteiger partial charge on any atom is -0.381 e. The Kier molecular flexibility index (Phi) is 4.03. The van der Waals surface area contributed by atoms with Gasteiger partial charge in [-0.1, -0.05) is 22.4 Å². The zero-order chi connectivity index (χ0) is 10.7. The van der Waals surface area contributed by atoms with Crippen LogP contribution >= 0.6 is 15.9 Å². The van der Waals surface area contributed by atoms with Gasteiger partial charge in [0.05, 0.1) is 12.5 Å². The quantitative estimate of drug-likeness (QED) is 0.797. The van der Waals surface area contributed by atoms with Crippen LogP contribution < -0.4 is 5.32 Å². The van der Waals surface area contributed by atoms with Crippen LogP contribution in [0.3, 0.4) is 0 Å². The third kappa shape index (κ3) is 2.72. The molecule has 0 aromatic heterocycles. The highest BCUT2D eigenvalue weighted by Gasteiger charge is 2.31. The molecule has 1 saturated heterocycles. The number of alkyl halides is 1. The number of nitrogens with one attached hydrogen (secondary N) is 1. The normalized spacial score (nSPS) is 35.7. The summed E-state index contributed by atoms with van der Waals surface area (Å²) in [5.41, 5.74) is 0. The van der Waals surface area contributed by atoms with Crippen LogP contribution in [0.4, 0.5) is 0 Å². The van der Waals surface area contributed by atoms with Gasteiger partial charge in [-0.25, -0.2) is 0 Å². The van der Waals surface area contributed by atoms with Crippen molar-refractivity contribution in [3.63, 3.8) is 0 Å². The molecule has 15 heavy (non-hydrogen) atoms. The Morgan fingerprint density at radius 2 is 2.27 bits per heavy atom. The lowest BCUT2D eigenvalue weighted by Gasteiger charge is -2.20. The summed E-state index contributed by atoms with van der Waals surface area (Å²) < 4.78 is 5.23. The fourth-order valence-electron chi connectivity index (χ4n) is 2.45. The highest BCUT2D eigenvalue weighted by molar-refractivity contribution is 9.09. The fraction of sp³-hybridized carbons (Fsp3) is 0.909. The molecule has 0 aromatic carbocycles. The van der Waals surface area contributed by atoms with Crippen LogP contribution in [0.15, 0.2) is 0 Å². The molecule has 1 heterocycles. The van der Waals surface area contributed by atoms with Gasteiger partial charge in [0.1, 0.15) is 0 Å². The number of rotatable bonds is 3. The Morgan fingerprint density at radius 3 is 2.93 bits per heavy atom. The molecule has 0 spiro atoms. The maximum absolute atomic E-state index is 11.9. The van der Waals surface area contributed by atoms with Crippen molar-refractivity contribution in [3.05, 3.63) is 0 Å². The fourth-order valence-corrected chi connectivity index (χ4v) is 3.23. The van der Waals surface area contributed by atoms with Gasteiger partial charge in [0.2, 0.25) is 5.91 Å². The van der Waals surface area contributed by atoms with Crippen molar-refractivity contribution < 1.29 is 9.53 Å². The van der Waals surface area contributed by atoms with Crippen molar-refractivity contribution in [2.45, 2.75) is 31.7 Å². The number of carbonyl (C=O) groups is 1. The summed E-state index contributed by atoms with van der Waals surface area (Å²) in [6, 6.07) is 0.387. The summed E-state index contributed by atoms with van der Waals surface area (Å²) in [6.45, 7) is 1.35. The molecule has 0 aromatic rings. The van der Waals surface area contributed by atoms with Crippen molar-refractivity contribution in [3.8, 4) is 0 Å². The van der Waals surface area contributed by atoms with E-state index in [1.807, 2.05) is 0 Å². The molecule has 1 aliphatic heterocycles. The van der Waals surface area contributed by atoms with Crippen LogP contribution in [0, 0.1) is 11.8 Å². The zero-order valence-electron chi connectivity index (χ0n) is 8.88. The van der Waals surface area contributed by atoms with Gasteiger partial charge in [-0.2, -0.15) is 0 Å². The van der Waals surface area contributed by atoms with E-state index in [1.54, 1.807) is 0 Å². The summed E-state index contributed by atoms with van der Waals surface area (Å²) in [7, 11) is 0. The molecular formula is C11H18BrNO2. The van der Waals surface area contributed by atoms with Crippen molar-refractivity contribution >= 4 is 21.8 Å². The average Bonchev–Trinajstić information content (AvgIpc) is 2.87. The third-order valence-corrected chi connectivity index (χ3v) is 4.32. The molecule has 0 radical (unpaired) electrons. The highest BCUT2D eigenvalue weighted by Crippen LogP contribution is 2.27. The van der Waals surface area contributed by atoms with Crippen molar-refractivity contribution in [1.82, 2.24) is 5.32 Å². The van der Waals surface area contributed by atoms with E-state index in [4.69, 9.17) is 4.74 Å². The van der Waals surface area contributed by atoms with Crippen LogP contribution in [0.1, 0.15) is 25.7 Å². The minimum absolute atomic E-state index is 0.0987.